The van der Waals surface area contributed by atoms with Crippen LogP contribution < -0.4 is 5.32 Å². The Kier molecular flexibility index (Phi) is 9.94. The Morgan fingerprint density at radius 2 is 1.85 bits per heavy atom. The Morgan fingerprint density at radius 3 is 2.38 bits per heavy atom. The second-order valence-electron chi connectivity index (χ2n) is 3.54. The molecule has 0 unspecified atom stereocenters. The normalized spacial score (nSPS) is 13.2. The van der Waals surface area contributed by atoms with Crippen LogP contribution in [0.2, 0.25) is 0 Å². The summed E-state index contributed by atoms with van der Waals surface area (Å²) in [6.45, 7) is 6.69. The van der Waals surface area contributed by atoms with Gasteiger partial charge in [0.05, 0.1) is 6.10 Å². The van der Waals surface area contributed by atoms with Crippen molar-refractivity contribution < 1.29 is 4.74 Å². The summed E-state index contributed by atoms with van der Waals surface area (Å²) in [5.74, 6) is 0. The highest BCUT2D eigenvalue weighted by Gasteiger charge is 2.04. The molecular formula is C11H25NO. The second kappa shape index (κ2) is 10.0. The zero-order chi connectivity index (χ0) is 9.94. The first-order chi connectivity index (χ1) is 6.35. The zero-order valence-corrected chi connectivity index (χ0v) is 9.44. The van der Waals surface area contributed by atoms with Gasteiger partial charge in [0.25, 0.3) is 0 Å². The van der Waals surface area contributed by atoms with Crippen LogP contribution in [0.25, 0.3) is 0 Å². The van der Waals surface area contributed by atoms with Crippen LogP contribution in [0.15, 0.2) is 0 Å². The highest BCUT2D eigenvalue weighted by molar-refractivity contribution is 4.58. The molecule has 1 atom stereocenters. The Balaban J connectivity index is 3.17. The van der Waals surface area contributed by atoms with Crippen molar-refractivity contribution in [2.75, 3.05) is 20.2 Å². The molecule has 80 valence electrons. The van der Waals surface area contributed by atoms with E-state index in [1.165, 1.54) is 32.1 Å². The summed E-state index contributed by atoms with van der Waals surface area (Å²) in [6, 6.07) is 0. The van der Waals surface area contributed by atoms with E-state index >= 15 is 0 Å². The topological polar surface area (TPSA) is 21.3 Å². The molecule has 0 aliphatic rings. The second-order valence-corrected chi connectivity index (χ2v) is 3.54. The van der Waals surface area contributed by atoms with Crippen LogP contribution in [0.1, 0.15) is 46.0 Å². The van der Waals surface area contributed by atoms with Crippen LogP contribution in [-0.2, 0) is 4.74 Å². The van der Waals surface area contributed by atoms with Crippen molar-refractivity contribution in [3.8, 4) is 0 Å². The first-order valence-corrected chi connectivity index (χ1v) is 5.58. The minimum atomic E-state index is 0.480. The standard InChI is InChI=1S/C11H25NO/c1-4-7-11(13-3)8-6-10-12-9-5-2/h11-12H,4-10H2,1-3H3/t11-/m0/s1. The largest absolute Gasteiger partial charge is 0.381 e. The minimum Gasteiger partial charge on any atom is -0.381 e. The van der Waals surface area contributed by atoms with E-state index in [9.17, 15) is 0 Å². The number of methoxy groups -OCH3 is 1. The Hall–Kier alpha value is -0.0800. The van der Waals surface area contributed by atoms with Crippen LogP contribution in [0.3, 0.4) is 0 Å². The van der Waals surface area contributed by atoms with E-state index < -0.39 is 0 Å². The fourth-order valence-corrected chi connectivity index (χ4v) is 1.46. The molecular weight excluding hydrogens is 162 g/mol. The Labute approximate surface area is 83.1 Å². The molecule has 0 spiro atoms. The van der Waals surface area contributed by atoms with Gasteiger partial charge in [-0.15, -0.1) is 0 Å². The maximum atomic E-state index is 5.37. The molecule has 0 fully saturated rings. The number of nitrogens with one attached hydrogen (secondary N) is 1. The van der Waals surface area contributed by atoms with Crippen molar-refractivity contribution in [3.05, 3.63) is 0 Å². The molecule has 1 N–H and O–H groups in total. The summed E-state index contributed by atoms with van der Waals surface area (Å²) in [4.78, 5) is 0. The summed E-state index contributed by atoms with van der Waals surface area (Å²) in [6.07, 6.45) is 6.56. The highest BCUT2D eigenvalue weighted by Crippen LogP contribution is 2.07. The van der Waals surface area contributed by atoms with Gasteiger partial charge in [0.2, 0.25) is 0 Å². The fraction of sp³-hybridized carbons (Fsp3) is 1.00. The summed E-state index contributed by atoms with van der Waals surface area (Å²) < 4.78 is 5.37. The van der Waals surface area contributed by atoms with Gasteiger partial charge in [-0.2, -0.15) is 0 Å². The smallest absolute Gasteiger partial charge is 0.0571 e. The van der Waals surface area contributed by atoms with Crippen molar-refractivity contribution >= 4 is 0 Å². The van der Waals surface area contributed by atoms with Crippen LogP contribution in [-0.4, -0.2) is 26.3 Å². The average molecular weight is 187 g/mol. The minimum absolute atomic E-state index is 0.480. The van der Waals surface area contributed by atoms with Crippen molar-refractivity contribution in [2.45, 2.75) is 52.1 Å². The lowest BCUT2D eigenvalue weighted by atomic mass is 10.1. The summed E-state index contributed by atoms with van der Waals surface area (Å²) >= 11 is 0. The van der Waals surface area contributed by atoms with E-state index in [0.29, 0.717) is 6.10 Å². The molecule has 0 saturated heterocycles. The van der Waals surface area contributed by atoms with Crippen molar-refractivity contribution in [3.63, 3.8) is 0 Å². The highest BCUT2D eigenvalue weighted by atomic mass is 16.5. The lowest BCUT2D eigenvalue weighted by Gasteiger charge is -2.13. The summed E-state index contributed by atoms with van der Waals surface area (Å²) in [5, 5.41) is 3.40. The monoisotopic (exact) mass is 187 g/mol. The number of hydrogen-bond donors (Lipinski definition) is 1. The van der Waals surface area contributed by atoms with Crippen molar-refractivity contribution in [1.82, 2.24) is 5.32 Å². The van der Waals surface area contributed by atoms with Crippen molar-refractivity contribution in [1.29, 1.82) is 0 Å². The molecule has 0 saturated carbocycles. The SMILES string of the molecule is CCCNCCC[C@H](CCC)OC. The first-order valence-electron chi connectivity index (χ1n) is 5.58. The van der Waals surface area contributed by atoms with E-state index in [4.69, 9.17) is 4.74 Å². The molecule has 0 heterocycles. The maximum Gasteiger partial charge on any atom is 0.0571 e. The molecule has 0 radical (unpaired) electrons. The van der Waals surface area contributed by atoms with Crippen LogP contribution >= 0.6 is 0 Å². The third-order valence-electron chi connectivity index (χ3n) is 2.25. The molecule has 0 amide bonds. The lowest BCUT2D eigenvalue weighted by Crippen LogP contribution is -2.18. The van der Waals surface area contributed by atoms with Gasteiger partial charge in [-0.1, -0.05) is 20.3 Å². The molecule has 2 heteroatoms. The van der Waals surface area contributed by atoms with Gasteiger partial charge in [-0.05, 0) is 38.8 Å². The molecule has 2 nitrogen and oxygen atoms in total. The van der Waals surface area contributed by atoms with Gasteiger partial charge in [0.1, 0.15) is 0 Å². The van der Waals surface area contributed by atoms with Gasteiger partial charge >= 0.3 is 0 Å². The average Bonchev–Trinajstić information content (AvgIpc) is 2.16. The summed E-state index contributed by atoms with van der Waals surface area (Å²) in [5.41, 5.74) is 0. The van der Waals surface area contributed by atoms with Crippen molar-refractivity contribution in [2.24, 2.45) is 0 Å². The van der Waals surface area contributed by atoms with Crippen LogP contribution in [0, 0.1) is 0 Å². The predicted octanol–water partition coefficient (Wildman–Crippen LogP) is 2.58. The zero-order valence-electron chi connectivity index (χ0n) is 9.44. The first kappa shape index (κ1) is 12.9. The molecule has 0 aromatic carbocycles. The third-order valence-corrected chi connectivity index (χ3v) is 2.25. The van der Waals surface area contributed by atoms with E-state index in [0.717, 1.165) is 13.1 Å². The van der Waals surface area contributed by atoms with E-state index in [1.807, 2.05) is 7.11 Å². The maximum absolute atomic E-state index is 5.37. The molecule has 0 aliphatic heterocycles. The summed E-state index contributed by atoms with van der Waals surface area (Å²) in [7, 11) is 1.82. The number of ether oxygens (including phenoxy) is 1. The predicted molar refractivity (Wildman–Crippen MR) is 58.1 cm³/mol. The molecule has 0 aliphatic carbocycles. The number of hydrogen-bond acceptors (Lipinski definition) is 2. The number of rotatable bonds is 9. The molecule has 0 bridgehead atoms. The van der Waals surface area contributed by atoms with Crippen LogP contribution in [0.4, 0.5) is 0 Å². The van der Waals surface area contributed by atoms with E-state index in [-0.39, 0.29) is 0 Å². The third kappa shape index (κ3) is 8.26. The Bertz CT molecular complexity index is 96.1. The molecule has 13 heavy (non-hydrogen) atoms. The van der Waals surface area contributed by atoms with E-state index in [2.05, 4.69) is 19.2 Å². The van der Waals surface area contributed by atoms with Gasteiger partial charge in [0.15, 0.2) is 0 Å². The lowest BCUT2D eigenvalue weighted by molar-refractivity contribution is 0.0856. The molecule has 0 aromatic rings. The fourth-order valence-electron chi connectivity index (χ4n) is 1.46. The molecule has 0 rings (SSSR count). The molecule has 0 aromatic heterocycles. The van der Waals surface area contributed by atoms with Gasteiger partial charge < -0.3 is 10.1 Å². The van der Waals surface area contributed by atoms with Gasteiger partial charge in [-0.25, -0.2) is 0 Å². The van der Waals surface area contributed by atoms with Crippen LogP contribution in [0.5, 0.6) is 0 Å². The Morgan fingerprint density at radius 1 is 1.08 bits per heavy atom. The quantitative estimate of drug-likeness (QED) is 0.560. The van der Waals surface area contributed by atoms with E-state index in [1.54, 1.807) is 0 Å². The van der Waals surface area contributed by atoms with Gasteiger partial charge in [0, 0.05) is 7.11 Å². The van der Waals surface area contributed by atoms with Gasteiger partial charge in [-0.3, -0.25) is 0 Å².